The Hall–Kier alpha value is -2.03. The van der Waals surface area contributed by atoms with Crippen LogP contribution in [-0.4, -0.2) is 13.2 Å². The lowest BCUT2D eigenvalue weighted by Crippen LogP contribution is -2.82. The Balaban J connectivity index is 1.47. The fourth-order valence-electron chi connectivity index (χ4n) is 2.65. The Morgan fingerprint density at radius 1 is 0.826 bits per heavy atom. The molecule has 3 heteroatoms. The zero-order chi connectivity index (χ0) is 15.9. The van der Waals surface area contributed by atoms with E-state index in [1.165, 1.54) is 5.56 Å². The molecule has 0 atom stereocenters. The van der Waals surface area contributed by atoms with Gasteiger partial charge in [-0.15, -0.1) is 0 Å². The molecule has 0 aliphatic rings. The summed E-state index contributed by atoms with van der Waals surface area (Å²) in [5.74, 6) is 0.910. The van der Waals surface area contributed by atoms with Crippen molar-refractivity contribution in [1.82, 2.24) is 0 Å². The molecule has 0 unspecified atom stereocenters. The fraction of sp³-hybridized carbons (Fsp3) is 0.200. The number of hydrogen-bond donors (Lipinski definition) is 1. The second kappa shape index (κ2) is 8.00. The van der Waals surface area contributed by atoms with Gasteiger partial charge in [0.25, 0.3) is 0 Å². The number of rotatable bonds is 7. The largest absolute Gasteiger partial charge is 0.493 e. The smallest absolute Gasteiger partial charge is 0.127 e. The SMILES string of the molecule is Clc1ccc(OCCC[NH2+]Cc2ccccc2)c2ccccc12. The van der Waals surface area contributed by atoms with Crippen LogP contribution in [0.25, 0.3) is 10.8 Å². The Kier molecular flexibility index (Phi) is 5.51. The number of ether oxygens (including phenoxy) is 1. The molecule has 3 aromatic rings. The molecule has 3 rings (SSSR count). The zero-order valence-electron chi connectivity index (χ0n) is 13.0. The first-order valence-electron chi connectivity index (χ1n) is 8.00. The third kappa shape index (κ3) is 4.25. The monoisotopic (exact) mass is 326 g/mol. The van der Waals surface area contributed by atoms with Gasteiger partial charge in [0.05, 0.1) is 13.2 Å². The quantitative estimate of drug-likeness (QED) is 0.652. The van der Waals surface area contributed by atoms with E-state index in [-0.39, 0.29) is 0 Å². The first kappa shape index (κ1) is 15.9. The predicted octanol–water partition coefficient (Wildman–Crippen LogP) is 4.03. The molecule has 3 aromatic carbocycles. The minimum atomic E-state index is 0.719. The molecule has 0 spiro atoms. The average molecular weight is 327 g/mol. The number of quaternary nitrogens is 1. The Labute approximate surface area is 142 Å². The van der Waals surface area contributed by atoms with Crippen molar-refractivity contribution in [3.63, 3.8) is 0 Å². The number of halogens is 1. The second-order valence-electron chi connectivity index (χ2n) is 5.56. The molecule has 0 fully saturated rings. The molecule has 118 valence electrons. The van der Waals surface area contributed by atoms with Gasteiger partial charge in [0.15, 0.2) is 0 Å². The van der Waals surface area contributed by atoms with Gasteiger partial charge in [-0.05, 0) is 12.1 Å². The van der Waals surface area contributed by atoms with Gasteiger partial charge in [-0.2, -0.15) is 0 Å². The highest BCUT2D eigenvalue weighted by atomic mass is 35.5. The highest BCUT2D eigenvalue weighted by Gasteiger charge is 2.05. The van der Waals surface area contributed by atoms with Gasteiger partial charge in [0.1, 0.15) is 12.3 Å². The first-order chi connectivity index (χ1) is 11.3. The van der Waals surface area contributed by atoms with E-state index in [0.29, 0.717) is 0 Å². The third-order valence-electron chi connectivity index (χ3n) is 3.86. The standard InChI is InChI=1S/C20H20ClNO/c21-19-11-12-20(18-10-5-4-9-17(18)19)23-14-6-13-22-15-16-7-2-1-3-8-16/h1-5,7-12,22H,6,13-15H2/p+1. The summed E-state index contributed by atoms with van der Waals surface area (Å²) in [5, 5.41) is 5.21. The number of benzene rings is 3. The highest BCUT2D eigenvalue weighted by molar-refractivity contribution is 6.35. The molecule has 2 N–H and O–H groups in total. The molecule has 0 radical (unpaired) electrons. The molecule has 0 aliphatic heterocycles. The van der Waals surface area contributed by atoms with E-state index in [2.05, 4.69) is 35.6 Å². The van der Waals surface area contributed by atoms with Crippen molar-refractivity contribution in [1.29, 1.82) is 0 Å². The van der Waals surface area contributed by atoms with Crippen LogP contribution in [0, 0.1) is 0 Å². The maximum absolute atomic E-state index is 6.23. The Bertz CT molecular complexity index is 758. The molecule has 0 heterocycles. The van der Waals surface area contributed by atoms with Crippen LogP contribution in [0.4, 0.5) is 0 Å². The van der Waals surface area contributed by atoms with Gasteiger partial charge in [-0.1, -0.05) is 66.2 Å². The number of hydrogen-bond acceptors (Lipinski definition) is 1. The van der Waals surface area contributed by atoms with Crippen LogP contribution in [0.5, 0.6) is 5.75 Å². The van der Waals surface area contributed by atoms with E-state index in [4.69, 9.17) is 16.3 Å². The highest BCUT2D eigenvalue weighted by Crippen LogP contribution is 2.31. The van der Waals surface area contributed by atoms with Crippen molar-refractivity contribution in [2.24, 2.45) is 0 Å². The molecule has 23 heavy (non-hydrogen) atoms. The van der Waals surface area contributed by atoms with Crippen molar-refractivity contribution in [2.75, 3.05) is 13.2 Å². The van der Waals surface area contributed by atoms with E-state index in [1.807, 2.05) is 36.4 Å². The maximum Gasteiger partial charge on any atom is 0.127 e. The summed E-state index contributed by atoms with van der Waals surface area (Å²) in [6.07, 6.45) is 1.02. The van der Waals surface area contributed by atoms with Crippen LogP contribution in [0.1, 0.15) is 12.0 Å². The minimum Gasteiger partial charge on any atom is -0.493 e. The number of nitrogens with two attached hydrogens (primary N) is 1. The molecule has 0 amide bonds. The van der Waals surface area contributed by atoms with Gasteiger partial charge in [-0.25, -0.2) is 0 Å². The summed E-state index contributed by atoms with van der Waals surface area (Å²) >= 11 is 6.23. The summed E-state index contributed by atoms with van der Waals surface area (Å²) in [4.78, 5) is 0. The van der Waals surface area contributed by atoms with Crippen LogP contribution in [0.3, 0.4) is 0 Å². The molecule has 0 saturated heterocycles. The molecule has 0 saturated carbocycles. The molecular formula is C20H21ClNO+. The van der Waals surface area contributed by atoms with Gasteiger partial charge in [0.2, 0.25) is 0 Å². The summed E-state index contributed by atoms with van der Waals surface area (Å²) in [7, 11) is 0. The van der Waals surface area contributed by atoms with Crippen LogP contribution in [-0.2, 0) is 6.54 Å². The minimum absolute atomic E-state index is 0.719. The lowest BCUT2D eigenvalue weighted by molar-refractivity contribution is -0.671. The van der Waals surface area contributed by atoms with E-state index in [0.717, 1.165) is 47.7 Å². The molecule has 0 aromatic heterocycles. The van der Waals surface area contributed by atoms with Gasteiger partial charge in [0, 0.05) is 27.8 Å². The van der Waals surface area contributed by atoms with Gasteiger partial charge < -0.3 is 10.1 Å². The normalized spacial score (nSPS) is 10.8. The van der Waals surface area contributed by atoms with Crippen LogP contribution in [0.15, 0.2) is 66.7 Å². The molecule has 0 aliphatic carbocycles. The summed E-state index contributed by atoms with van der Waals surface area (Å²) in [6, 6.07) is 22.5. The lowest BCUT2D eigenvalue weighted by Gasteiger charge is -2.10. The molecule has 2 nitrogen and oxygen atoms in total. The second-order valence-corrected chi connectivity index (χ2v) is 5.97. The maximum atomic E-state index is 6.23. The summed E-state index contributed by atoms with van der Waals surface area (Å²) in [5.41, 5.74) is 1.36. The van der Waals surface area contributed by atoms with Crippen molar-refractivity contribution < 1.29 is 10.1 Å². The average Bonchev–Trinajstić information content (AvgIpc) is 2.61. The van der Waals surface area contributed by atoms with Crippen molar-refractivity contribution in [3.05, 3.63) is 77.3 Å². The molecular weight excluding hydrogens is 306 g/mol. The Morgan fingerprint density at radius 3 is 2.39 bits per heavy atom. The third-order valence-corrected chi connectivity index (χ3v) is 4.19. The summed E-state index contributed by atoms with van der Waals surface area (Å²) in [6.45, 7) is 2.79. The van der Waals surface area contributed by atoms with Crippen molar-refractivity contribution >= 4 is 22.4 Å². The fourth-order valence-corrected chi connectivity index (χ4v) is 2.88. The van der Waals surface area contributed by atoms with E-state index >= 15 is 0 Å². The van der Waals surface area contributed by atoms with E-state index in [1.54, 1.807) is 0 Å². The summed E-state index contributed by atoms with van der Waals surface area (Å²) < 4.78 is 5.95. The van der Waals surface area contributed by atoms with Crippen molar-refractivity contribution in [2.45, 2.75) is 13.0 Å². The Morgan fingerprint density at radius 2 is 1.57 bits per heavy atom. The van der Waals surface area contributed by atoms with Gasteiger partial charge >= 0.3 is 0 Å². The van der Waals surface area contributed by atoms with Crippen molar-refractivity contribution in [3.8, 4) is 5.75 Å². The van der Waals surface area contributed by atoms with Gasteiger partial charge in [-0.3, -0.25) is 0 Å². The number of fused-ring (bicyclic) bond motifs is 1. The van der Waals surface area contributed by atoms with Crippen LogP contribution in [0.2, 0.25) is 5.02 Å². The van der Waals surface area contributed by atoms with Crippen LogP contribution >= 0.6 is 11.6 Å². The molecule has 0 bridgehead atoms. The van der Waals surface area contributed by atoms with Crippen LogP contribution < -0.4 is 10.1 Å². The lowest BCUT2D eigenvalue weighted by atomic mass is 10.1. The predicted molar refractivity (Wildman–Crippen MR) is 96.0 cm³/mol. The topological polar surface area (TPSA) is 25.8 Å². The van der Waals surface area contributed by atoms with E-state index in [9.17, 15) is 0 Å². The first-order valence-corrected chi connectivity index (χ1v) is 8.38. The zero-order valence-corrected chi connectivity index (χ0v) is 13.8. The van der Waals surface area contributed by atoms with E-state index < -0.39 is 0 Å².